The molecule has 0 bridgehead atoms. The summed E-state index contributed by atoms with van der Waals surface area (Å²) in [7, 11) is 0. The maximum absolute atomic E-state index is 13.9. The van der Waals surface area contributed by atoms with Crippen molar-refractivity contribution in [3.05, 3.63) is 117 Å². The number of hydrogen-bond acceptors (Lipinski definition) is 9. The van der Waals surface area contributed by atoms with Gasteiger partial charge >= 0.3 is 18.1 Å². The quantitative estimate of drug-likeness (QED) is 0.0500. The molecule has 0 aliphatic heterocycles. The van der Waals surface area contributed by atoms with E-state index in [9.17, 15) is 36.7 Å². The number of hydrogen-bond donors (Lipinski definition) is 5. The van der Waals surface area contributed by atoms with Crippen LogP contribution in [0.15, 0.2) is 82.7 Å². The molecule has 17 heteroatoms. The third kappa shape index (κ3) is 11.9. The molecule has 2 atom stereocenters. The van der Waals surface area contributed by atoms with Crippen molar-refractivity contribution in [2.24, 2.45) is 0 Å². The molecule has 1 aliphatic carbocycles. The van der Waals surface area contributed by atoms with Gasteiger partial charge in [-0.25, -0.2) is 14.0 Å². The van der Waals surface area contributed by atoms with Gasteiger partial charge in [0, 0.05) is 36.6 Å². The number of nitrogens with one attached hydrogen (secondary N) is 1. The molecule has 5 N–H and O–H groups in total. The Balaban J connectivity index is 0.000000592. The van der Waals surface area contributed by atoms with Crippen molar-refractivity contribution >= 4 is 29.6 Å². The number of alkyl halides is 3. The molecule has 1 aromatic heterocycles. The fourth-order valence-electron chi connectivity index (χ4n) is 5.65. The largest absolute Gasteiger partial charge is 0.479 e. The van der Waals surface area contributed by atoms with E-state index in [-0.39, 0.29) is 23.8 Å². The Morgan fingerprint density at radius 3 is 2.00 bits per heavy atom. The summed E-state index contributed by atoms with van der Waals surface area (Å²) >= 11 is 1.35. The Labute approximate surface area is 317 Å². The first-order chi connectivity index (χ1) is 26.1. The number of carbonyl (C=O) groups excluding carboxylic acids is 1. The minimum absolute atomic E-state index is 0.0249. The summed E-state index contributed by atoms with van der Waals surface area (Å²) < 4.78 is 54.2. The molecule has 0 saturated heterocycles. The van der Waals surface area contributed by atoms with E-state index in [1.807, 2.05) is 35.8 Å². The molecule has 2 unspecified atom stereocenters. The number of benzene rings is 3. The number of carboxylic acids is 2. The number of aliphatic hydroxyl groups excluding tert-OH is 2. The number of rotatable bonds is 15. The van der Waals surface area contributed by atoms with Crippen molar-refractivity contribution in [2.45, 2.75) is 68.6 Å². The molecule has 0 radical (unpaired) electrons. The second-order valence-electron chi connectivity index (χ2n) is 12.5. The molecule has 1 heterocycles. The van der Waals surface area contributed by atoms with Crippen molar-refractivity contribution in [1.82, 2.24) is 19.8 Å². The summed E-state index contributed by atoms with van der Waals surface area (Å²) in [6.45, 7) is 4.17. The van der Waals surface area contributed by atoms with Crippen LogP contribution in [0.3, 0.4) is 0 Å². The lowest BCUT2D eigenvalue weighted by molar-refractivity contribution is -0.165. The van der Waals surface area contributed by atoms with E-state index in [0.29, 0.717) is 54.5 Å². The summed E-state index contributed by atoms with van der Waals surface area (Å²) in [5.41, 5.74) is 3.74. The van der Waals surface area contributed by atoms with Crippen LogP contribution in [0, 0.1) is 5.82 Å². The van der Waals surface area contributed by atoms with E-state index >= 15 is 0 Å². The minimum atomic E-state index is -4.39. The third-order valence-electron chi connectivity index (χ3n) is 8.61. The van der Waals surface area contributed by atoms with Gasteiger partial charge in [-0.2, -0.15) is 18.2 Å². The first-order valence-electron chi connectivity index (χ1n) is 17.2. The molecule has 1 aliphatic rings. The Bertz CT molecular complexity index is 1970. The predicted molar refractivity (Wildman–Crippen MR) is 195 cm³/mol. The monoisotopic (exact) mass is 788 g/mol. The highest BCUT2D eigenvalue weighted by molar-refractivity contribution is 7.98. The molecule has 0 spiro atoms. The number of fused-ring (bicyclic) bond motifs is 1. The molecule has 55 heavy (non-hydrogen) atoms. The van der Waals surface area contributed by atoms with Gasteiger partial charge in [-0.05, 0) is 72.3 Å². The zero-order valence-corrected chi connectivity index (χ0v) is 30.4. The smallest absolute Gasteiger partial charge is 0.416 e. The molecule has 294 valence electrons. The van der Waals surface area contributed by atoms with E-state index in [4.69, 9.17) is 20.4 Å². The Kier molecular flexibility index (Phi) is 15.1. The molecule has 1 amide bonds. The lowest BCUT2D eigenvalue weighted by atomic mass is 10.0. The first kappa shape index (κ1) is 42.6. The summed E-state index contributed by atoms with van der Waals surface area (Å²) in [6.07, 6.45) is -6.78. The van der Waals surface area contributed by atoms with Crippen LogP contribution in [0.4, 0.5) is 17.6 Å². The highest BCUT2D eigenvalue weighted by Gasteiger charge is 2.31. The fraction of sp³-hybridized carbons (Fsp3) is 0.342. The molecule has 3 aromatic carbocycles. The number of halogens is 4. The van der Waals surface area contributed by atoms with Crippen LogP contribution < -0.4 is 10.9 Å². The van der Waals surface area contributed by atoms with E-state index in [0.717, 1.165) is 47.5 Å². The number of carbonyl (C=O) groups is 3. The standard InChI is InChI=1S/C34H34F4N4O2S.C4H6O6/c1-2-39-18-19-41(20-23-6-10-25(11-7-23)26-12-14-27(15-13-26)34(36,37)38)31(43)21-42-30-5-3-4-29(30)32(44)40-33(42)45-22-24-8-16-28(35)17-9-24;5-1(3(7)8)2(6)4(9)10/h6-17,39H,2-5,18-22H2,1H3;1-2,5-6H,(H,7,8)(H,9,10). The van der Waals surface area contributed by atoms with Gasteiger partial charge in [-0.15, -0.1) is 0 Å². The number of aromatic nitrogens is 2. The van der Waals surface area contributed by atoms with Crippen LogP contribution in [0.5, 0.6) is 0 Å². The van der Waals surface area contributed by atoms with Crippen molar-refractivity contribution < 1.29 is 52.4 Å². The zero-order chi connectivity index (χ0) is 40.3. The summed E-state index contributed by atoms with van der Waals surface area (Å²) in [5, 5.41) is 36.3. The number of aliphatic carboxylic acids is 2. The lowest BCUT2D eigenvalue weighted by Gasteiger charge is -2.25. The molecule has 5 rings (SSSR count). The van der Waals surface area contributed by atoms with Crippen molar-refractivity contribution in [3.63, 3.8) is 0 Å². The van der Waals surface area contributed by atoms with Gasteiger partial charge in [0.2, 0.25) is 5.91 Å². The van der Waals surface area contributed by atoms with Crippen LogP contribution in [-0.4, -0.2) is 84.6 Å². The molecule has 0 saturated carbocycles. The van der Waals surface area contributed by atoms with Crippen LogP contribution in [0.25, 0.3) is 11.1 Å². The van der Waals surface area contributed by atoms with E-state index in [2.05, 4.69) is 10.3 Å². The third-order valence-corrected chi connectivity index (χ3v) is 9.66. The highest BCUT2D eigenvalue weighted by Crippen LogP contribution is 2.31. The maximum Gasteiger partial charge on any atom is 0.416 e. The van der Waals surface area contributed by atoms with Gasteiger partial charge in [0.1, 0.15) is 12.4 Å². The summed E-state index contributed by atoms with van der Waals surface area (Å²) in [4.78, 5) is 52.4. The first-order valence-corrected chi connectivity index (χ1v) is 18.1. The average Bonchev–Trinajstić information content (AvgIpc) is 3.66. The van der Waals surface area contributed by atoms with Crippen LogP contribution in [0.2, 0.25) is 0 Å². The number of nitrogens with zero attached hydrogens (tertiary/aromatic N) is 3. The van der Waals surface area contributed by atoms with Crippen molar-refractivity contribution in [2.75, 3.05) is 19.6 Å². The molecule has 0 fully saturated rings. The van der Waals surface area contributed by atoms with Gasteiger partial charge < -0.3 is 35.2 Å². The Morgan fingerprint density at radius 1 is 0.891 bits per heavy atom. The van der Waals surface area contributed by atoms with Gasteiger partial charge in [-0.1, -0.05) is 67.2 Å². The molecule has 12 nitrogen and oxygen atoms in total. The number of thioether (sulfide) groups is 1. The topological polar surface area (TPSA) is 182 Å². The second-order valence-corrected chi connectivity index (χ2v) is 13.4. The average molecular weight is 789 g/mol. The highest BCUT2D eigenvalue weighted by atomic mass is 32.2. The molecular weight excluding hydrogens is 748 g/mol. The summed E-state index contributed by atoms with van der Waals surface area (Å²) in [5.74, 6) is -3.52. The van der Waals surface area contributed by atoms with Crippen molar-refractivity contribution in [1.29, 1.82) is 0 Å². The summed E-state index contributed by atoms with van der Waals surface area (Å²) in [6, 6.07) is 18.6. The lowest BCUT2D eigenvalue weighted by Crippen LogP contribution is -2.39. The zero-order valence-electron chi connectivity index (χ0n) is 29.6. The maximum atomic E-state index is 13.9. The van der Waals surface area contributed by atoms with Gasteiger partial charge in [0.05, 0.1) is 5.56 Å². The minimum Gasteiger partial charge on any atom is -0.479 e. The predicted octanol–water partition coefficient (Wildman–Crippen LogP) is 4.36. The van der Waals surface area contributed by atoms with Crippen LogP contribution in [0.1, 0.15) is 41.3 Å². The van der Waals surface area contributed by atoms with E-state index in [1.54, 1.807) is 17.0 Å². The number of amides is 1. The second kappa shape index (κ2) is 19.5. The van der Waals surface area contributed by atoms with Crippen molar-refractivity contribution in [3.8, 4) is 11.1 Å². The van der Waals surface area contributed by atoms with Gasteiger partial charge in [0.25, 0.3) is 5.56 Å². The number of carboxylic acid groups (broad SMARTS) is 2. The normalized spacial score (nSPS) is 13.3. The van der Waals surface area contributed by atoms with Gasteiger partial charge in [0.15, 0.2) is 17.4 Å². The Morgan fingerprint density at radius 2 is 1.45 bits per heavy atom. The Hall–Kier alpha value is -5.10. The van der Waals surface area contributed by atoms with E-state index < -0.39 is 35.9 Å². The van der Waals surface area contributed by atoms with Gasteiger partial charge in [-0.3, -0.25) is 9.59 Å². The number of aliphatic hydroxyl groups is 2. The van der Waals surface area contributed by atoms with E-state index in [1.165, 1.54) is 36.0 Å². The van der Waals surface area contributed by atoms with Crippen LogP contribution >= 0.6 is 11.8 Å². The molecule has 4 aromatic rings. The SMILES string of the molecule is CCNCCN(Cc1ccc(-c2ccc(C(F)(F)F)cc2)cc1)C(=O)Cn1c(SCc2ccc(F)cc2)nc(=O)c2c1CCC2.O=C(O)C(O)C(O)C(=O)O. The van der Waals surface area contributed by atoms with Crippen LogP contribution in [-0.2, 0) is 52.2 Å². The molecular formula is C38H40F4N4O8S. The number of likely N-dealkylation sites (N-methyl/N-ethyl adjacent to an activating group) is 1. The fourth-order valence-corrected chi connectivity index (χ4v) is 6.62.